The van der Waals surface area contributed by atoms with Crippen molar-refractivity contribution < 1.29 is 22.6 Å². The van der Waals surface area contributed by atoms with E-state index in [1.807, 2.05) is 67.6 Å². The Morgan fingerprint density at radius 3 is 1.90 bits per heavy atom. The van der Waals surface area contributed by atoms with E-state index in [-0.39, 0.29) is 12.4 Å². The Balaban J connectivity index is 1.79. The third-order valence-electron chi connectivity index (χ3n) is 4.78. The highest BCUT2D eigenvalue weighted by atomic mass is 32.2. The second kappa shape index (κ2) is 9.67. The number of sulfone groups is 1. The highest BCUT2D eigenvalue weighted by molar-refractivity contribution is 7.92. The zero-order chi connectivity index (χ0) is 20.9. The molecule has 0 saturated carbocycles. The molecule has 0 bridgehead atoms. The van der Waals surface area contributed by atoms with Crippen molar-refractivity contribution in [2.24, 2.45) is 0 Å². The van der Waals surface area contributed by atoms with Gasteiger partial charge in [-0.25, -0.2) is 8.42 Å². The predicted octanol–water partition coefficient (Wildman–Crippen LogP) is 3.89. The average Bonchev–Trinajstić information content (AvgIpc) is 3.02. The Morgan fingerprint density at radius 2 is 1.41 bits per heavy atom. The van der Waals surface area contributed by atoms with E-state index in [1.165, 1.54) is 0 Å². The SMILES string of the molecule is C=C(C)CS(=O)(=O)C1OC(C)C(OCc2ccccc2)C1OCc1ccccc1. The summed E-state index contributed by atoms with van der Waals surface area (Å²) < 4.78 is 43.8. The summed E-state index contributed by atoms with van der Waals surface area (Å²) in [5, 5.41) is 0. The first-order valence-corrected chi connectivity index (χ1v) is 11.4. The van der Waals surface area contributed by atoms with Crippen LogP contribution >= 0.6 is 0 Å². The van der Waals surface area contributed by atoms with Gasteiger partial charge in [0.05, 0.1) is 25.1 Å². The van der Waals surface area contributed by atoms with Gasteiger partial charge in [-0.2, -0.15) is 0 Å². The number of rotatable bonds is 9. The van der Waals surface area contributed by atoms with E-state index in [2.05, 4.69) is 6.58 Å². The van der Waals surface area contributed by atoms with Crippen LogP contribution in [0.3, 0.4) is 0 Å². The van der Waals surface area contributed by atoms with Crippen LogP contribution in [-0.4, -0.2) is 37.9 Å². The minimum Gasteiger partial charge on any atom is -0.368 e. The van der Waals surface area contributed by atoms with Crippen molar-refractivity contribution in [3.8, 4) is 0 Å². The van der Waals surface area contributed by atoms with Gasteiger partial charge in [-0.15, -0.1) is 0 Å². The maximum atomic E-state index is 12.9. The third kappa shape index (κ3) is 5.76. The molecule has 1 saturated heterocycles. The standard InChI is InChI=1S/C23H28O5S/c1-17(2)16-29(24,25)23-22(27-15-20-12-8-5-9-13-20)21(18(3)28-23)26-14-19-10-6-4-7-11-19/h4-13,18,21-23H,1,14-16H2,2-3H3. The van der Waals surface area contributed by atoms with Crippen molar-refractivity contribution in [3.05, 3.63) is 83.9 Å². The molecule has 4 atom stereocenters. The summed E-state index contributed by atoms with van der Waals surface area (Å²) in [6, 6.07) is 19.4. The summed E-state index contributed by atoms with van der Waals surface area (Å²) in [6.45, 7) is 7.90. The molecule has 2 aromatic rings. The van der Waals surface area contributed by atoms with Crippen molar-refractivity contribution in [3.63, 3.8) is 0 Å². The lowest BCUT2D eigenvalue weighted by molar-refractivity contribution is -0.0722. The quantitative estimate of drug-likeness (QED) is 0.581. The van der Waals surface area contributed by atoms with Gasteiger partial charge < -0.3 is 14.2 Å². The molecular weight excluding hydrogens is 388 g/mol. The van der Waals surface area contributed by atoms with Crippen molar-refractivity contribution in [2.45, 2.75) is 50.8 Å². The Kier molecular flexibility index (Phi) is 7.24. The van der Waals surface area contributed by atoms with Crippen LogP contribution in [-0.2, 0) is 37.3 Å². The van der Waals surface area contributed by atoms with Gasteiger partial charge in [0, 0.05) is 0 Å². The minimum absolute atomic E-state index is 0.138. The number of hydrogen-bond donors (Lipinski definition) is 0. The first-order valence-electron chi connectivity index (χ1n) is 9.69. The van der Waals surface area contributed by atoms with Crippen LogP contribution in [0.5, 0.6) is 0 Å². The summed E-state index contributed by atoms with van der Waals surface area (Å²) in [5.74, 6) is -0.138. The first-order chi connectivity index (χ1) is 13.9. The lowest BCUT2D eigenvalue weighted by Crippen LogP contribution is -2.41. The van der Waals surface area contributed by atoms with Gasteiger partial charge in [-0.05, 0) is 25.0 Å². The van der Waals surface area contributed by atoms with E-state index in [0.717, 1.165) is 11.1 Å². The molecular formula is C23H28O5S. The average molecular weight is 417 g/mol. The molecule has 1 aliphatic rings. The van der Waals surface area contributed by atoms with Crippen LogP contribution in [0.1, 0.15) is 25.0 Å². The molecule has 1 fully saturated rings. The maximum Gasteiger partial charge on any atom is 0.188 e. The molecule has 0 aliphatic carbocycles. The number of benzene rings is 2. The third-order valence-corrected chi connectivity index (χ3v) is 6.76. The monoisotopic (exact) mass is 416 g/mol. The normalized spacial score (nSPS) is 24.5. The van der Waals surface area contributed by atoms with Crippen LogP contribution in [0.4, 0.5) is 0 Å². The molecule has 0 N–H and O–H groups in total. The topological polar surface area (TPSA) is 61.8 Å². The summed E-state index contributed by atoms with van der Waals surface area (Å²) in [5.41, 5.74) is 1.45. The zero-order valence-corrected chi connectivity index (χ0v) is 17.7. The van der Waals surface area contributed by atoms with Gasteiger partial charge in [0.1, 0.15) is 12.2 Å². The molecule has 4 unspecified atom stereocenters. The van der Waals surface area contributed by atoms with Crippen molar-refractivity contribution in [1.82, 2.24) is 0 Å². The Morgan fingerprint density at radius 1 is 0.931 bits per heavy atom. The smallest absolute Gasteiger partial charge is 0.188 e. The van der Waals surface area contributed by atoms with Crippen LogP contribution in [0.2, 0.25) is 0 Å². The number of ether oxygens (including phenoxy) is 3. The summed E-state index contributed by atoms with van der Waals surface area (Å²) in [4.78, 5) is 0. The maximum absolute atomic E-state index is 12.9. The Hall–Kier alpha value is -1.99. The lowest BCUT2D eigenvalue weighted by Gasteiger charge is -2.24. The predicted molar refractivity (Wildman–Crippen MR) is 113 cm³/mol. The fraction of sp³-hybridized carbons (Fsp3) is 0.391. The highest BCUT2D eigenvalue weighted by Crippen LogP contribution is 2.32. The molecule has 0 amide bonds. The Labute approximate surface area is 173 Å². The van der Waals surface area contributed by atoms with E-state index in [1.54, 1.807) is 6.92 Å². The molecule has 156 valence electrons. The fourth-order valence-electron chi connectivity index (χ4n) is 3.44. The van der Waals surface area contributed by atoms with Crippen LogP contribution in [0, 0.1) is 0 Å². The fourth-order valence-corrected chi connectivity index (χ4v) is 5.28. The van der Waals surface area contributed by atoms with E-state index in [9.17, 15) is 8.42 Å². The van der Waals surface area contributed by atoms with Crippen molar-refractivity contribution in [1.29, 1.82) is 0 Å². The van der Waals surface area contributed by atoms with E-state index in [0.29, 0.717) is 12.2 Å². The molecule has 2 aromatic carbocycles. The van der Waals surface area contributed by atoms with Crippen LogP contribution < -0.4 is 0 Å². The zero-order valence-electron chi connectivity index (χ0n) is 16.9. The molecule has 29 heavy (non-hydrogen) atoms. The van der Waals surface area contributed by atoms with Crippen molar-refractivity contribution >= 4 is 9.84 Å². The van der Waals surface area contributed by atoms with Crippen LogP contribution in [0.25, 0.3) is 0 Å². The van der Waals surface area contributed by atoms with Gasteiger partial charge >= 0.3 is 0 Å². The highest BCUT2D eigenvalue weighted by Gasteiger charge is 2.50. The summed E-state index contributed by atoms with van der Waals surface area (Å²) >= 11 is 0. The molecule has 0 radical (unpaired) electrons. The van der Waals surface area contributed by atoms with E-state index >= 15 is 0 Å². The van der Waals surface area contributed by atoms with E-state index < -0.39 is 33.6 Å². The summed E-state index contributed by atoms with van der Waals surface area (Å²) in [6.07, 6.45) is -1.63. The molecule has 0 spiro atoms. The van der Waals surface area contributed by atoms with E-state index in [4.69, 9.17) is 14.2 Å². The van der Waals surface area contributed by atoms with Gasteiger partial charge in [0.15, 0.2) is 15.3 Å². The van der Waals surface area contributed by atoms with Gasteiger partial charge in [-0.1, -0.05) is 72.8 Å². The van der Waals surface area contributed by atoms with Gasteiger partial charge in [-0.3, -0.25) is 0 Å². The van der Waals surface area contributed by atoms with Crippen molar-refractivity contribution in [2.75, 3.05) is 5.75 Å². The Bertz CT molecular complexity index is 895. The molecule has 3 rings (SSSR count). The largest absolute Gasteiger partial charge is 0.368 e. The molecule has 0 aromatic heterocycles. The summed E-state index contributed by atoms with van der Waals surface area (Å²) in [7, 11) is -3.59. The van der Waals surface area contributed by atoms with Gasteiger partial charge in [0.25, 0.3) is 0 Å². The van der Waals surface area contributed by atoms with Gasteiger partial charge in [0.2, 0.25) is 0 Å². The van der Waals surface area contributed by atoms with Crippen LogP contribution in [0.15, 0.2) is 72.8 Å². The second-order valence-electron chi connectivity index (χ2n) is 7.50. The lowest BCUT2D eigenvalue weighted by atomic mass is 10.1. The molecule has 1 heterocycles. The second-order valence-corrected chi connectivity index (χ2v) is 9.58. The molecule has 6 heteroatoms. The minimum atomic E-state index is -3.59. The number of hydrogen-bond acceptors (Lipinski definition) is 5. The molecule has 1 aliphatic heterocycles. The first kappa shape index (κ1) is 21.7. The molecule has 5 nitrogen and oxygen atoms in total.